The summed E-state index contributed by atoms with van der Waals surface area (Å²) in [5.74, 6) is -0.940. The zero-order valence-electron chi connectivity index (χ0n) is 7.90. The molecule has 1 fully saturated rings. The standard InChI is InChI=1S/C9H17NO3/c1-13-7-5-3-2-4-6(7)8(10)9(11)12/h6-8H,2-5,10H2,1H3,(H,11,12)/t6-,7-,8-/m0/s1. The van der Waals surface area contributed by atoms with Crippen molar-refractivity contribution in [2.75, 3.05) is 7.11 Å². The Morgan fingerprint density at radius 1 is 1.54 bits per heavy atom. The molecule has 3 N–H and O–H groups in total. The maximum absolute atomic E-state index is 10.7. The molecule has 0 heterocycles. The van der Waals surface area contributed by atoms with Gasteiger partial charge in [0.1, 0.15) is 6.04 Å². The van der Waals surface area contributed by atoms with E-state index < -0.39 is 12.0 Å². The van der Waals surface area contributed by atoms with Crippen LogP contribution in [0.2, 0.25) is 0 Å². The summed E-state index contributed by atoms with van der Waals surface area (Å²) >= 11 is 0. The molecule has 0 radical (unpaired) electrons. The fourth-order valence-electron chi connectivity index (χ4n) is 2.01. The van der Waals surface area contributed by atoms with Crippen molar-refractivity contribution in [2.45, 2.75) is 37.8 Å². The van der Waals surface area contributed by atoms with Gasteiger partial charge in [-0.25, -0.2) is 0 Å². The molecule has 1 aliphatic carbocycles. The van der Waals surface area contributed by atoms with Gasteiger partial charge in [0.05, 0.1) is 6.10 Å². The topological polar surface area (TPSA) is 72.5 Å². The number of aliphatic carboxylic acids is 1. The molecule has 4 heteroatoms. The molecule has 13 heavy (non-hydrogen) atoms. The summed E-state index contributed by atoms with van der Waals surface area (Å²) in [5.41, 5.74) is 5.58. The van der Waals surface area contributed by atoms with Crippen molar-refractivity contribution < 1.29 is 14.6 Å². The molecule has 3 atom stereocenters. The number of methoxy groups -OCH3 is 1. The minimum absolute atomic E-state index is 0.0174. The summed E-state index contributed by atoms with van der Waals surface area (Å²) in [4.78, 5) is 10.7. The lowest BCUT2D eigenvalue weighted by Gasteiger charge is -2.32. The molecule has 0 spiro atoms. The van der Waals surface area contributed by atoms with Crippen LogP contribution < -0.4 is 5.73 Å². The zero-order chi connectivity index (χ0) is 9.84. The molecule has 0 aliphatic heterocycles. The molecule has 0 aromatic rings. The molecule has 0 amide bonds. The van der Waals surface area contributed by atoms with Gasteiger partial charge in [-0.3, -0.25) is 4.79 Å². The van der Waals surface area contributed by atoms with Crippen LogP contribution in [0.1, 0.15) is 25.7 Å². The Morgan fingerprint density at radius 2 is 2.15 bits per heavy atom. The van der Waals surface area contributed by atoms with Crippen molar-refractivity contribution in [1.82, 2.24) is 0 Å². The fraction of sp³-hybridized carbons (Fsp3) is 0.889. The van der Waals surface area contributed by atoms with Gasteiger partial charge >= 0.3 is 5.97 Å². The zero-order valence-corrected chi connectivity index (χ0v) is 7.90. The van der Waals surface area contributed by atoms with Gasteiger partial charge in [-0.05, 0) is 12.8 Å². The lowest BCUT2D eigenvalue weighted by Crippen LogP contribution is -2.45. The van der Waals surface area contributed by atoms with Gasteiger partial charge < -0.3 is 15.6 Å². The maximum atomic E-state index is 10.7. The van der Waals surface area contributed by atoms with Crippen molar-refractivity contribution in [3.8, 4) is 0 Å². The minimum Gasteiger partial charge on any atom is -0.480 e. The lowest BCUT2D eigenvalue weighted by molar-refractivity contribution is -0.142. The highest BCUT2D eigenvalue weighted by Gasteiger charge is 2.33. The van der Waals surface area contributed by atoms with Crippen LogP contribution in [-0.4, -0.2) is 30.3 Å². The van der Waals surface area contributed by atoms with Crippen LogP contribution in [0.3, 0.4) is 0 Å². The number of nitrogens with two attached hydrogens (primary N) is 1. The molecule has 76 valence electrons. The van der Waals surface area contributed by atoms with E-state index in [-0.39, 0.29) is 12.0 Å². The highest BCUT2D eigenvalue weighted by atomic mass is 16.5. The summed E-state index contributed by atoms with van der Waals surface area (Å²) in [7, 11) is 1.62. The van der Waals surface area contributed by atoms with Crippen molar-refractivity contribution in [3.63, 3.8) is 0 Å². The van der Waals surface area contributed by atoms with E-state index in [0.717, 1.165) is 25.7 Å². The normalized spacial score (nSPS) is 31.2. The monoisotopic (exact) mass is 187 g/mol. The van der Waals surface area contributed by atoms with Gasteiger partial charge in [0, 0.05) is 13.0 Å². The van der Waals surface area contributed by atoms with Crippen molar-refractivity contribution in [1.29, 1.82) is 0 Å². The van der Waals surface area contributed by atoms with Crippen LogP contribution in [0.5, 0.6) is 0 Å². The predicted molar refractivity (Wildman–Crippen MR) is 48.4 cm³/mol. The highest BCUT2D eigenvalue weighted by Crippen LogP contribution is 2.28. The summed E-state index contributed by atoms with van der Waals surface area (Å²) in [6, 6.07) is -0.773. The second kappa shape index (κ2) is 4.58. The number of rotatable bonds is 3. The molecule has 0 bridgehead atoms. The van der Waals surface area contributed by atoms with Crippen LogP contribution in [0, 0.1) is 5.92 Å². The number of carbonyl (C=O) groups is 1. The third-order valence-electron chi connectivity index (χ3n) is 2.80. The number of carboxylic acids is 1. The van der Waals surface area contributed by atoms with Crippen molar-refractivity contribution >= 4 is 5.97 Å². The Bertz CT molecular complexity index is 184. The van der Waals surface area contributed by atoms with E-state index in [9.17, 15) is 4.79 Å². The molecule has 1 aliphatic rings. The molecule has 1 saturated carbocycles. The third kappa shape index (κ3) is 2.42. The third-order valence-corrected chi connectivity index (χ3v) is 2.80. The smallest absolute Gasteiger partial charge is 0.320 e. The lowest BCUT2D eigenvalue weighted by atomic mass is 9.82. The summed E-state index contributed by atoms with van der Waals surface area (Å²) < 4.78 is 5.23. The Kier molecular flexibility index (Phi) is 3.69. The minimum atomic E-state index is -0.922. The van der Waals surface area contributed by atoms with Gasteiger partial charge in [0.15, 0.2) is 0 Å². The second-order valence-electron chi connectivity index (χ2n) is 3.59. The van der Waals surface area contributed by atoms with E-state index in [1.807, 2.05) is 0 Å². The van der Waals surface area contributed by atoms with E-state index in [2.05, 4.69) is 0 Å². The Balaban J connectivity index is 2.58. The first-order valence-electron chi connectivity index (χ1n) is 4.68. The molecule has 0 unspecified atom stereocenters. The molecule has 0 saturated heterocycles. The number of hydrogen-bond donors (Lipinski definition) is 2. The first-order valence-corrected chi connectivity index (χ1v) is 4.68. The number of ether oxygens (including phenoxy) is 1. The molecule has 1 rings (SSSR count). The molecule has 4 nitrogen and oxygen atoms in total. The summed E-state index contributed by atoms with van der Waals surface area (Å²) in [5, 5.41) is 8.77. The average Bonchev–Trinajstić information content (AvgIpc) is 2.16. The molecular weight excluding hydrogens is 170 g/mol. The van der Waals surface area contributed by atoms with Crippen LogP contribution in [-0.2, 0) is 9.53 Å². The highest BCUT2D eigenvalue weighted by molar-refractivity contribution is 5.73. The predicted octanol–water partition coefficient (Wildman–Crippen LogP) is 0.603. The molecular formula is C9H17NO3. The van der Waals surface area contributed by atoms with E-state index in [1.165, 1.54) is 0 Å². The fourth-order valence-corrected chi connectivity index (χ4v) is 2.01. The van der Waals surface area contributed by atoms with Gasteiger partial charge in [-0.1, -0.05) is 12.8 Å². The molecule has 0 aromatic carbocycles. The largest absolute Gasteiger partial charge is 0.480 e. The van der Waals surface area contributed by atoms with Crippen molar-refractivity contribution in [2.24, 2.45) is 11.7 Å². The second-order valence-corrected chi connectivity index (χ2v) is 3.59. The van der Waals surface area contributed by atoms with Crippen LogP contribution in [0.25, 0.3) is 0 Å². The Labute approximate surface area is 78.1 Å². The van der Waals surface area contributed by atoms with E-state index in [1.54, 1.807) is 7.11 Å². The number of carboxylic acid groups (broad SMARTS) is 1. The van der Waals surface area contributed by atoms with Gasteiger partial charge in [-0.2, -0.15) is 0 Å². The Morgan fingerprint density at radius 3 is 2.69 bits per heavy atom. The van der Waals surface area contributed by atoms with E-state index in [0.29, 0.717) is 0 Å². The van der Waals surface area contributed by atoms with Gasteiger partial charge in [0.25, 0.3) is 0 Å². The quantitative estimate of drug-likeness (QED) is 0.678. The Hall–Kier alpha value is -0.610. The van der Waals surface area contributed by atoms with Crippen LogP contribution >= 0.6 is 0 Å². The van der Waals surface area contributed by atoms with Gasteiger partial charge in [0.2, 0.25) is 0 Å². The van der Waals surface area contributed by atoms with E-state index >= 15 is 0 Å². The maximum Gasteiger partial charge on any atom is 0.320 e. The number of hydrogen-bond acceptors (Lipinski definition) is 3. The molecule has 0 aromatic heterocycles. The van der Waals surface area contributed by atoms with Crippen LogP contribution in [0.4, 0.5) is 0 Å². The first-order chi connectivity index (χ1) is 6.16. The summed E-state index contributed by atoms with van der Waals surface area (Å²) in [6.45, 7) is 0. The van der Waals surface area contributed by atoms with Crippen LogP contribution in [0.15, 0.2) is 0 Å². The average molecular weight is 187 g/mol. The SMILES string of the molecule is CO[C@H]1CCCC[C@@H]1[C@H](N)C(=O)O. The summed E-state index contributed by atoms with van der Waals surface area (Å²) in [6.07, 6.45) is 4.00. The van der Waals surface area contributed by atoms with Gasteiger partial charge in [-0.15, -0.1) is 0 Å². The van der Waals surface area contributed by atoms with Crippen molar-refractivity contribution in [3.05, 3.63) is 0 Å². The van der Waals surface area contributed by atoms with E-state index in [4.69, 9.17) is 15.6 Å². The first kappa shape index (κ1) is 10.5.